The van der Waals surface area contributed by atoms with Crippen LogP contribution < -0.4 is 20.9 Å². The number of nitrogens with zero attached hydrogens (tertiary/aromatic N) is 5. The summed E-state index contributed by atoms with van der Waals surface area (Å²) in [6.45, 7) is -0.192. The number of carbonyl (C=O) groups is 1. The number of hydrogen-bond donors (Lipinski definition) is 9. The Morgan fingerprint density at radius 2 is 1.69 bits per heavy atom. The first-order valence-corrected chi connectivity index (χ1v) is 18.8. The monoisotopic (exact) mass is 789 g/mol. The number of aliphatic hydroxyl groups excluding tert-OH is 4. The number of aromatic nitrogens is 5. The third-order valence-corrected chi connectivity index (χ3v) is 10.1. The second-order valence-electron chi connectivity index (χ2n) is 10.6. The summed E-state index contributed by atoms with van der Waals surface area (Å²) in [6.07, 6.45) is -8.59. The molecule has 3 aromatic rings. The minimum atomic E-state index is -5.72. The van der Waals surface area contributed by atoms with Crippen molar-refractivity contribution in [3.8, 4) is 0 Å². The number of carbonyl (C=O) groups excluding carboxylic acids is 1. The minimum Gasteiger partial charge on any atom is -0.756 e. The lowest BCUT2D eigenvalue weighted by Gasteiger charge is -2.26. The van der Waals surface area contributed by atoms with E-state index in [0.717, 1.165) is 17.2 Å². The first-order valence-electron chi connectivity index (χ1n) is 14.3. The number of imidazole rings is 1. The average molecular weight is 789 g/mol. The molecule has 5 heterocycles. The van der Waals surface area contributed by atoms with Crippen molar-refractivity contribution in [2.45, 2.75) is 56.0 Å². The van der Waals surface area contributed by atoms with E-state index in [9.17, 15) is 53.4 Å². The molecule has 51 heavy (non-hydrogen) atoms. The summed E-state index contributed by atoms with van der Waals surface area (Å²) >= 11 is 0. The van der Waals surface area contributed by atoms with Gasteiger partial charge in [0.05, 0.1) is 19.5 Å². The second kappa shape index (κ2) is 16.4. The van der Waals surface area contributed by atoms with Crippen LogP contribution in [0.3, 0.4) is 0 Å². The molecule has 10 atom stereocenters. The largest absolute Gasteiger partial charge is 0.756 e. The lowest BCUT2D eigenvalue weighted by Crippen LogP contribution is -2.46. The lowest BCUT2D eigenvalue weighted by atomic mass is 10.1. The molecule has 5 rings (SSSR count). The van der Waals surface area contributed by atoms with Crippen LogP contribution in [0.25, 0.3) is 11.2 Å². The first-order chi connectivity index (χ1) is 23.8. The Labute approximate surface area is 286 Å². The molecule has 0 saturated carbocycles. The zero-order valence-corrected chi connectivity index (χ0v) is 28.7. The molecule has 2 aliphatic heterocycles. The van der Waals surface area contributed by atoms with Gasteiger partial charge in [0.1, 0.15) is 47.9 Å². The van der Waals surface area contributed by atoms with Gasteiger partial charge in [-0.25, -0.2) is 28.4 Å². The Bertz CT molecular complexity index is 1830. The number of nitrogen functional groups attached to an aromatic ring is 1. The highest BCUT2D eigenvalue weighted by molar-refractivity contribution is 7.60. The number of nitrogens with two attached hydrogens (primary N) is 2. The van der Waals surface area contributed by atoms with Gasteiger partial charge in [-0.05, 0) is 13.0 Å². The van der Waals surface area contributed by atoms with E-state index in [1.807, 2.05) is 0 Å². The number of pyridine rings is 1. The van der Waals surface area contributed by atoms with E-state index < -0.39 is 91.7 Å². The molecule has 0 radical (unpaired) electrons. The molecule has 0 aliphatic carbocycles. The maximum absolute atomic E-state index is 12.5. The van der Waals surface area contributed by atoms with Gasteiger partial charge in [-0.15, -0.1) is 0 Å². The average Bonchev–Trinajstić information content (AvgIpc) is 3.69. The van der Waals surface area contributed by atoms with E-state index in [4.69, 9.17) is 26.0 Å². The van der Waals surface area contributed by atoms with Crippen LogP contribution >= 0.6 is 23.5 Å². The summed E-state index contributed by atoms with van der Waals surface area (Å²) in [5, 5.41) is 39.0. The zero-order valence-electron chi connectivity index (χ0n) is 26.1. The van der Waals surface area contributed by atoms with E-state index >= 15 is 0 Å². The number of hydrogen-bond acceptors (Lipinski definition) is 19. The van der Waals surface area contributed by atoms with Gasteiger partial charge in [-0.1, -0.05) is 0 Å². The summed E-state index contributed by atoms with van der Waals surface area (Å²) in [5.41, 5.74) is 11.1. The normalized spacial score (nSPS) is 28.9. The third-order valence-electron chi connectivity index (χ3n) is 6.97. The van der Waals surface area contributed by atoms with Crippen LogP contribution in [-0.4, -0.2) is 117 Å². The van der Waals surface area contributed by atoms with Crippen molar-refractivity contribution in [3.63, 3.8) is 0 Å². The maximum atomic E-state index is 12.5. The number of phosphoric acid groups is 3. The van der Waals surface area contributed by atoms with E-state index in [1.165, 1.54) is 29.1 Å². The molecule has 0 aromatic carbocycles. The van der Waals surface area contributed by atoms with Crippen molar-refractivity contribution in [3.05, 3.63) is 42.7 Å². The number of rotatable bonds is 13. The second-order valence-corrected chi connectivity index (χ2v) is 14.7. The molecule has 0 spiro atoms. The highest BCUT2D eigenvalue weighted by Gasteiger charge is 2.51. The van der Waals surface area contributed by atoms with Gasteiger partial charge in [0.15, 0.2) is 36.2 Å². The summed E-state index contributed by atoms with van der Waals surface area (Å²) in [7, 11) is -16.6. The van der Waals surface area contributed by atoms with Gasteiger partial charge in [-0.2, -0.15) is 4.57 Å². The quantitative estimate of drug-likeness (QED) is 0.0598. The summed E-state index contributed by atoms with van der Waals surface area (Å²) in [4.78, 5) is 64.4. The molecular weight excluding hydrogens is 755 g/mol. The van der Waals surface area contributed by atoms with Gasteiger partial charge in [0.2, 0.25) is 0 Å². The summed E-state index contributed by atoms with van der Waals surface area (Å²) in [5.74, 6) is -0.862. The van der Waals surface area contributed by atoms with Crippen molar-refractivity contribution in [1.29, 1.82) is 0 Å². The van der Waals surface area contributed by atoms with Gasteiger partial charge >= 0.3 is 15.6 Å². The predicted octanol–water partition coefficient (Wildman–Crippen LogP) is -3.53. The number of aliphatic hydroxyl groups is 4. The highest BCUT2D eigenvalue weighted by Crippen LogP contribution is 2.58. The van der Waals surface area contributed by atoms with Crippen molar-refractivity contribution >= 4 is 46.4 Å². The van der Waals surface area contributed by atoms with E-state index in [1.54, 1.807) is 6.92 Å². The Morgan fingerprint density at radius 3 is 2.33 bits per heavy atom. The molecule has 0 bridgehead atoms. The summed E-state index contributed by atoms with van der Waals surface area (Å²) < 4.78 is 67.9. The molecular formula is C23H34N7O18P3. The predicted molar refractivity (Wildman–Crippen MR) is 161 cm³/mol. The van der Waals surface area contributed by atoms with Crippen LogP contribution in [0.15, 0.2) is 37.2 Å². The molecule has 1 amide bonds. The molecule has 11 N–H and O–H groups in total. The number of anilines is 1. The van der Waals surface area contributed by atoms with Gasteiger partial charge < -0.3 is 65.5 Å². The molecule has 2 fully saturated rings. The van der Waals surface area contributed by atoms with E-state index in [-0.39, 0.29) is 29.2 Å². The van der Waals surface area contributed by atoms with Crippen LogP contribution in [0, 0.1) is 0 Å². The fourth-order valence-corrected chi connectivity index (χ4v) is 7.42. The van der Waals surface area contributed by atoms with Crippen LogP contribution in [0.1, 0.15) is 29.7 Å². The Morgan fingerprint density at radius 1 is 1.04 bits per heavy atom. The minimum absolute atomic E-state index is 0.00541. The smallest absolute Gasteiger partial charge is 0.478 e. The number of primary amides is 1. The summed E-state index contributed by atoms with van der Waals surface area (Å²) in [6, 6.07) is 2.77. The van der Waals surface area contributed by atoms with Crippen LogP contribution in [0.2, 0.25) is 0 Å². The van der Waals surface area contributed by atoms with Crippen LogP contribution in [-0.2, 0) is 41.1 Å². The van der Waals surface area contributed by atoms with Crippen molar-refractivity contribution in [2.24, 2.45) is 5.73 Å². The number of amides is 1. The van der Waals surface area contributed by atoms with Gasteiger partial charge in [0.25, 0.3) is 20.0 Å². The molecule has 2 saturated heterocycles. The van der Waals surface area contributed by atoms with Crippen molar-refractivity contribution in [2.75, 3.05) is 25.6 Å². The van der Waals surface area contributed by atoms with Gasteiger partial charge in [0, 0.05) is 12.7 Å². The molecule has 2 aliphatic rings. The zero-order chi connectivity index (χ0) is 37.9. The number of ether oxygens (including phenoxy) is 2. The molecule has 3 aromatic heterocycles. The third kappa shape index (κ3) is 10.2. The molecule has 284 valence electrons. The standard InChI is InChI=1S/C21H28N7O17P3.C2H6O/c22-17-12-19(25-7-24-17)28(8-26-12)21-16(44-46(33,34)35)14(30)11(43-21)6-41-48(38,39)45-47(36,37)40-5-10-13(29)15(31)20(42-10)27-3-1-2-9(4-27)18(23)32;1-2-3/h1-4,7-8,10-11,13-16,20-21,29-31H,5-6H2,(H7-,22,23,24,25,32,33,34,35,36,37,38,39);3H,2H2,1H3/t10-,11-,13-,14-,15-,16-,20-,21-;/m1./s1. The van der Waals surface area contributed by atoms with Gasteiger partial charge in [-0.3, -0.25) is 23.0 Å². The lowest BCUT2D eigenvalue weighted by molar-refractivity contribution is -0.765. The fourth-order valence-electron chi connectivity index (χ4n) is 4.82. The Kier molecular flexibility index (Phi) is 13.1. The molecule has 25 nitrogen and oxygen atoms in total. The van der Waals surface area contributed by atoms with E-state index in [2.05, 4.69) is 32.8 Å². The maximum Gasteiger partial charge on any atom is 0.478 e. The topological polar surface area (TPSA) is 388 Å². The molecule has 2 unspecified atom stereocenters. The van der Waals surface area contributed by atoms with E-state index in [0.29, 0.717) is 0 Å². The Balaban J connectivity index is 0.00000188. The van der Waals surface area contributed by atoms with Crippen LogP contribution in [0.5, 0.6) is 0 Å². The van der Waals surface area contributed by atoms with Crippen LogP contribution in [0.4, 0.5) is 5.82 Å². The SMILES string of the molecule is CCO.NC(=O)c1ccc[n+]([C@@H]2O[C@H](COP(=O)([O-])OP(=O)(O)OC[C@H]3O[C@@H](n4cnc5c(N)ncnc54)[C@H](OP(=O)(O)O)[C@@H]3O)[C@@H](O)[C@H]2O)c1. The van der Waals surface area contributed by atoms with Crippen molar-refractivity contribution in [1.82, 2.24) is 19.5 Å². The highest BCUT2D eigenvalue weighted by atomic mass is 31.3. The molecule has 28 heteroatoms. The first kappa shape index (κ1) is 40.9. The fraction of sp³-hybridized carbons (Fsp3) is 0.522. The van der Waals surface area contributed by atoms with Crippen molar-refractivity contribution < 1.29 is 90.4 Å². The number of fused-ring (bicyclic) bond motifs is 1. The Hall–Kier alpha value is -2.90. The number of phosphoric ester groups is 3.